The lowest BCUT2D eigenvalue weighted by molar-refractivity contribution is -0.134. The molecule has 102 valence electrons. The number of ketones is 1. The van der Waals surface area contributed by atoms with Crippen molar-refractivity contribution in [1.82, 2.24) is 14.6 Å². The molecule has 0 bridgehead atoms. The number of carbonyl (C=O) groups is 2. The highest BCUT2D eigenvalue weighted by atomic mass is 16.1. The van der Waals surface area contributed by atoms with Crippen LogP contribution in [0.4, 0.5) is 5.82 Å². The van der Waals surface area contributed by atoms with E-state index >= 15 is 0 Å². The van der Waals surface area contributed by atoms with E-state index in [1.807, 2.05) is 4.90 Å². The van der Waals surface area contributed by atoms with Gasteiger partial charge < -0.3 is 10.6 Å². The van der Waals surface area contributed by atoms with Crippen LogP contribution in [-0.2, 0) is 4.79 Å². The third kappa shape index (κ3) is 1.40. The molecule has 1 aliphatic heterocycles. The molecule has 2 N–H and O–H groups in total. The summed E-state index contributed by atoms with van der Waals surface area (Å²) in [6, 6.07) is 1.75. The van der Waals surface area contributed by atoms with Crippen molar-refractivity contribution in [3.8, 4) is 0 Å². The van der Waals surface area contributed by atoms with Gasteiger partial charge in [0.05, 0.1) is 0 Å². The Labute approximate surface area is 114 Å². The molecule has 2 fully saturated rings. The Morgan fingerprint density at radius 1 is 1.35 bits per heavy atom. The van der Waals surface area contributed by atoms with E-state index in [0.29, 0.717) is 35.7 Å². The highest BCUT2D eigenvalue weighted by molar-refractivity contribution is 6.04. The van der Waals surface area contributed by atoms with E-state index < -0.39 is 5.91 Å². The summed E-state index contributed by atoms with van der Waals surface area (Å²) in [6.07, 6.45) is 4.62. The smallest absolute Gasteiger partial charge is 0.256 e. The summed E-state index contributed by atoms with van der Waals surface area (Å²) < 4.78 is 1.56. The van der Waals surface area contributed by atoms with E-state index in [2.05, 4.69) is 10.1 Å². The summed E-state index contributed by atoms with van der Waals surface area (Å²) in [4.78, 5) is 29.0. The van der Waals surface area contributed by atoms with Crippen LogP contribution in [0.25, 0.3) is 5.65 Å². The molecule has 3 heterocycles. The molecular formula is C13H13N5O2. The lowest BCUT2D eigenvalue weighted by atomic mass is 9.63. The van der Waals surface area contributed by atoms with Gasteiger partial charge in [0, 0.05) is 43.7 Å². The average Bonchev–Trinajstić information content (AvgIpc) is 2.70. The molecule has 0 unspecified atom stereocenters. The van der Waals surface area contributed by atoms with Crippen LogP contribution < -0.4 is 10.6 Å². The fourth-order valence-electron chi connectivity index (χ4n) is 3.24. The van der Waals surface area contributed by atoms with Crippen molar-refractivity contribution < 1.29 is 9.59 Å². The van der Waals surface area contributed by atoms with Crippen molar-refractivity contribution >= 4 is 23.2 Å². The van der Waals surface area contributed by atoms with Gasteiger partial charge in [-0.15, -0.1) is 5.10 Å². The van der Waals surface area contributed by atoms with Gasteiger partial charge in [-0.3, -0.25) is 9.59 Å². The standard InChI is InChI=1S/C13H13N5O2/c14-10(20)9-11-15-2-1-3-18(11)16-12(9)17-6-13(7-17)4-8(19)5-13/h1-3H,4-7H2,(H2,14,20). The first-order valence-electron chi connectivity index (χ1n) is 6.48. The molecule has 2 aromatic heterocycles. The minimum Gasteiger partial charge on any atom is -0.365 e. The molecule has 0 atom stereocenters. The number of primary amides is 1. The van der Waals surface area contributed by atoms with Crippen LogP contribution in [0.15, 0.2) is 18.5 Å². The van der Waals surface area contributed by atoms with Crippen molar-refractivity contribution in [2.45, 2.75) is 12.8 Å². The maximum Gasteiger partial charge on any atom is 0.256 e. The highest BCUT2D eigenvalue weighted by Gasteiger charge is 2.53. The Morgan fingerprint density at radius 3 is 2.75 bits per heavy atom. The van der Waals surface area contributed by atoms with Crippen LogP contribution in [0.1, 0.15) is 23.2 Å². The second kappa shape index (κ2) is 3.56. The molecule has 2 aliphatic rings. The van der Waals surface area contributed by atoms with Crippen molar-refractivity contribution in [3.05, 3.63) is 24.0 Å². The lowest BCUT2D eigenvalue weighted by Crippen LogP contribution is -2.63. The van der Waals surface area contributed by atoms with Crippen LogP contribution in [0.2, 0.25) is 0 Å². The molecule has 1 aliphatic carbocycles. The number of aromatic nitrogens is 3. The summed E-state index contributed by atoms with van der Waals surface area (Å²) in [7, 11) is 0. The van der Waals surface area contributed by atoms with Gasteiger partial charge in [-0.2, -0.15) is 0 Å². The average molecular weight is 271 g/mol. The van der Waals surface area contributed by atoms with Gasteiger partial charge in [0.15, 0.2) is 11.5 Å². The SMILES string of the molecule is NC(=O)c1c(N2CC3(CC(=O)C3)C2)nn2cccnc12. The summed E-state index contributed by atoms with van der Waals surface area (Å²) in [5.74, 6) is 0.358. The highest BCUT2D eigenvalue weighted by Crippen LogP contribution is 2.47. The molecular weight excluding hydrogens is 258 g/mol. The number of hydrogen-bond donors (Lipinski definition) is 1. The first-order chi connectivity index (χ1) is 9.58. The fourth-order valence-corrected chi connectivity index (χ4v) is 3.24. The normalized spacial score (nSPS) is 20.0. The third-order valence-electron chi connectivity index (χ3n) is 4.12. The van der Waals surface area contributed by atoms with Gasteiger partial charge in [0.2, 0.25) is 0 Å². The quantitative estimate of drug-likeness (QED) is 0.829. The number of rotatable bonds is 2. The van der Waals surface area contributed by atoms with E-state index in [1.54, 1.807) is 23.0 Å². The molecule has 4 rings (SSSR count). The zero-order chi connectivity index (χ0) is 13.9. The van der Waals surface area contributed by atoms with Crippen molar-refractivity contribution in [3.63, 3.8) is 0 Å². The first kappa shape index (κ1) is 11.4. The summed E-state index contributed by atoms with van der Waals surface area (Å²) in [6.45, 7) is 1.51. The minimum absolute atomic E-state index is 0.106. The van der Waals surface area contributed by atoms with Gasteiger partial charge in [-0.05, 0) is 6.07 Å². The number of nitrogens with zero attached hydrogens (tertiary/aromatic N) is 4. The Balaban J connectivity index is 1.72. The van der Waals surface area contributed by atoms with Gasteiger partial charge in [0.25, 0.3) is 5.91 Å². The van der Waals surface area contributed by atoms with Crippen molar-refractivity contribution in [2.75, 3.05) is 18.0 Å². The van der Waals surface area contributed by atoms with Crippen LogP contribution in [0.5, 0.6) is 0 Å². The summed E-state index contributed by atoms with van der Waals surface area (Å²) in [5.41, 5.74) is 6.40. The Hall–Kier alpha value is -2.44. The zero-order valence-corrected chi connectivity index (χ0v) is 10.7. The largest absolute Gasteiger partial charge is 0.365 e. The van der Waals surface area contributed by atoms with Gasteiger partial charge in [-0.25, -0.2) is 9.50 Å². The monoisotopic (exact) mass is 271 g/mol. The van der Waals surface area contributed by atoms with E-state index in [0.717, 1.165) is 13.1 Å². The topological polar surface area (TPSA) is 93.6 Å². The predicted octanol–water partition coefficient (Wildman–Crippen LogP) is -0.00250. The number of anilines is 1. The molecule has 20 heavy (non-hydrogen) atoms. The molecule has 7 heteroatoms. The molecule has 0 radical (unpaired) electrons. The van der Waals surface area contributed by atoms with Gasteiger partial charge in [-0.1, -0.05) is 0 Å². The Bertz CT molecular complexity index is 734. The molecule has 7 nitrogen and oxygen atoms in total. The van der Waals surface area contributed by atoms with Crippen LogP contribution in [-0.4, -0.2) is 39.4 Å². The van der Waals surface area contributed by atoms with Crippen LogP contribution in [0, 0.1) is 5.41 Å². The van der Waals surface area contributed by atoms with Crippen molar-refractivity contribution in [1.29, 1.82) is 0 Å². The predicted molar refractivity (Wildman–Crippen MR) is 70.4 cm³/mol. The molecule has 1 saturated heterocycles. The zero-order valence-electron chi connectivity index (χ0n) is 10.7. The van der Waals surface area contributed by atoms with Crippen LogP contribution in [0.3, 0.4) is 0 Å². The molecule has 1 spiro atoms. The second-order valence-corrected chi connectivity index (χ2v) is 5.70. The molecule has 1 amide bonds. The van der Waals surface area contributed by atoms with Crippen molar-refractivity contribution in [2.24, 2.45) is 11.1 Å². The number of amides is 1. The fraction of sp³-hybridized carbons (Fsp3) is 0.385. The number of fused-ring (bicyclic) bond motifs is 1. The first-order valence-corrected chi connectivity index (χ1v) is 6.48. The van der Waals surface area contributed by atoms with E-state index in [-0.39, 0.29) is 5.41 Å². The Kier molecular flexibility index (Phi) is 2.03. The number of carbonyl (C=O) groups excluding carboxylic acids is 2. The summed E-state index contributed by atoms with van der Waals surface area (Å²) >= 11 is 0. The minimum atomic E-state index is -0.528. The summed E-state index contributed by atoms with van der Waals surface area (Å²) in [5, 5.41) is 4.39. The van der Waals surface area contributed by atoms with E-state index in [9.17, 15) is 9.59 Å². The molecule has 2 aromatic rings. The maximum atomic E-state index is 11.7. The number of nitrogens with two attached hydrogens (primary N) is 1. The second-order valence-electron chi connectivity index (χ2n) is 5.70. The van der Waals surface area contributed by atoms with E-state index in [4.69, 9.17) is 5.73 Å². The lowest BCUT2D eigenvalue weighted by Gasteiger charge is -2.55. The van der Waals surface area contributed by atoms with Crippen LogP contribution >= 0.6 is 0 Å². The van der Waals surface area contributed by atoms with E-state index in [1.165, 1.54) is 0 Å². The number of hydrogen-bond acceptors (Lipinski definition) is 5. The van der Waals surface area contributed by atoms with Gasteiger partial charge >= 0.3 is 0 Å². The maximum absolute atomic E-state index is 11.7. The number of Topliss-reactive ketones (excluding diaryl/α,β-unsaturated/α-hetero) is 1. The third-order valence-corrected chi connectivity index (χ3v) is 4.12. The molecule has 0 aromatic carbocycles. The van der Waals surface area contributed by atoms with Gasteiger partial charge in [0.1, 0.15) is 11.3 Å². The molecule has 1 saturated carbocycles. The Morgan fingerprint density at radius 2 is 2.10 bits per heavy atom.